The van der Waals surface area contributed by atoms with Crippen molar-refractivity contribution in [1.82, 2.24) is 10.5 Å². The van der Waals surface area contributed by atoms with E-state index >= 15 is 0 Å². The zero-order valence-electron chi connectivity index (χ0n) is 9.73. The van der Waals surface area contributed by atoms with Gasteiger partial charge in [0.1, 0.15) is 5.76 Å². The summed E-state index contributed by atoms with van der Waals surface area (Å²) in [5.41, 5.74) is 2.31. The summed E-state index contributed by atoms with van der Waals surface area (Å²) in [7, 11) is 0. The van der Waals surface area contributed by atoms with Gasteiger partial charge in [0.25, 0.3) is 0 Å². The number of nitrogens with zero attached hydrogens (tertiary/aromatic N) is 1. The van der Waals surface area contributed by atoms with E-state index < -0.39 is 0 Å². The minimum absolute atomic E-state index is 0.547. The lowest BCUT2D eigenvalue weighted by Gasteiger charge is -2.08. The van der Waals surface area contributed by atoms with Gasteiger partial charge in [-0.25, -0.2) is 0 Å². The second kappa shape index (κ2) is 4.72. The molecule has 0 amide bonds. The molecule has 2 aromatic rings. The van der Waals surface area contributed by atoms with Gasteiger partial charge in [-0.1, -0.05) is 35.5 Å². The van der Waals surface area contributed by atoms with Gasteiger partial charge >= 0.3 is 0 Å². The molecule has 1 unspecified atom stereocenters. The Morgan fingerprint density at radius 3 is 2.94 bits per heavy atom. The van der Waals surface area contributed by atoms with Crippen molar-refractivity contribution in [3.05, 3.63) is 42.3 Å². The topological polar surface area (TPSA) is 38.1 Å². The zero-order valence-corrected chi connectivity index (χ0v) is 9.73. The maximum Gasteiger partial charge on any atom is 0.146 e. The third kappa shape index (κ3) is 2.24. The zero-order chi connectivity index (χ0) is 11.5. The molecule has 0 saturated carbocycles. The third-order valence-corrected chi connectivity index (χ3v) is 3.32. The second-order valence-electron chi connectivity index (χ2n) is 4.53. The molecule has 1 fully saturated rings. The van der Waals surface area contributed by atoms with E-state index in [1.165, 1.54) is 18.4 Å². The minimum Gasteiger partial charge on any atom is -0.361 e. The van der Waals surface area contributed by atoms with Gasteiger partial charge < -0.3 is 9.84 Å². The molecule has 1 aromatic heterocycles. The van der Waals surface area contributed by atoms with Crippen LogP contribution in [-0.2, 0) is 6.42 Å². The van der Waals surface area contributed by atoms with Crippen LogP contribution in [0.15, 0.2) is 41.1 Å². The van der Waals surface area contributed by atoms with E-state index in [0.29, 0.717) is 6.04 Å². The second-order valence-corrected chi connectivity index (χ2v) is 4.53. The summed E-state index contributed by atoms with van der Waals surface area (Å²) in [5.74, 6) is 0.996. The molecule has 1 aromatic carbocycles. The van der Waals surface area contributed by atoms with Gasteiger partial charge in [-0.05, 0) is 24.9 Å². The molecule has 1 aliphatic rings. The lowest BCUT2D eigenvalue weighted by atomic mass is 10.0. The van der Waals surface area contributed by atoms with Crippen LogP contribution in [0.4, 0.5) is 0 Å². The largest absolute Gasteiger partial charge is 0.361 e. The van der Waals surface area contributed by atoms with E-state index in [0.717, 1.165) is 24.3 Å². The van der Waals surface area contributed by atoms with E-state index in [9.17, 15) is 0 Å². The SMILES string of the molecule is c1ccc(-c2cnoc2CC2CCCN2)cc1. The fraction of sp³-hybridized carbons (Fsp3) is 0.357. The quantitative estimate of drug-likeness (QED) is 0.877. The molecule has 3 nitrogen and oxygen atoms in total. The standard InChI is InChI=1S/C14H16N2O/c1-2-5-11(6-3-1)13-10-16-17-14(13)9-12-7-4-8-15-12/h1-3,5-6,10,12,15H,4,7-9H2. The van der Waals surface area contributed by atoms with Crippen molar-refractivity contribution in [3.8, 4) is 11.1 Å². The normalized spacial score (nSPS) is 19.6. The molecule has 3 heteroatoms. The number of hydrogen-bond donors (Lipinski definition) is 1. The molecule has 1 saturated heterocycles. The molecular weight excluding hydrogens is 212 g/mol. The van der Waals surface area contributed by atoms with E-state index in [1.807, 2.05) is 24.4 Å². The third-order valence-electron chi connectivity index (χ3n) is 3.32. The molecule has 1 N–H and O–H groups in total. The fourth-order valence-corrected chi connectivity index (χ4v) is 2.42. The first-order chi connectivity index (χ1) is 8.43. The molecule has 88 valence electrons. The summed E-state index contributed by atoms with van der Waals surface area (Å²) >= 11 is 0. The maximum atomic E-state index is 5.39. The molecular formula is C14H16N2O. The van der Waals surface area contributed by atoms with Gasteiger partial charge in [0.05, 0.1) is 6.20 Å². The highest BCUT2D eigenvalue weighted by molar-refractivity contribution is 5.64. The van der Waals surface area contributed by atoms with Crippen molar-refractivity contribution in [2.24, 2.45) is 0 Å². The van der Waals surface area contributed by atoms with Crippen molar-refractivity contribution in [2.75, 3.05) is 6.54 Å². The predicted octanol–water partition coefficient (Wildman–Crippen LogP) is 2.64. The van der Waals surface area contributed by atoms with Crippen molar-refractivity contribution >= 4 is 0 Å². The van der Waals surface area contributed by atoms with Crippen molar-refractivity contribution in [3.63, 3.8) is 0 Å². The molecule has 2 heterocycles. The van der Waals surface area contributed by atoms with Gasteiger partial charge in [0.15, 0.2) is 0 Å². The highest BCUT2D eigenvalue weighted by Gasteiger charge is 2.19. The van der Waals surface area contributed by atoms with Crippen molar-refractivity contribution < 1.29 is 4.52 Å². The Labute approximate surface area is 101 Å². The molecule has 0 radical (unpaired) electrons. The smallest absolute Gasteiger partial charge is 0.146 e. The summed E-state index contributed by atoms with van der Waals surface area (Å²) in [6.45, 7) is 1.12. The van der Waals surface area contributed by atoms with E-state index in [4.69, 9.17) is 4.52 Å². The Kier molecular flexibility index (Phi) is 2.92. The first-order valence-electron chi connectivity index (χ1n) is 6.16. The molecule has 0 bridgehead atoms. The Bertz CT molecular complexity index is 472. The van der Waals surface area contributed by atoms with Crippen LogP contribution >= 0.6 is 0 Å². The highest BCUT2D eigenvalue weighted by Crippen LogP contribution is 2.25. The monoisotopic (exact) mass is 228 g/mol. The molecule has 0 aliphatic carbocycles. The van der Waals surface area contributed by atoms with Crippen LogP contribution in [0.2, 0.25) is 0 Å². The first-order valence-corrected chi connectivity index (χ1v) is 6.16. The van der Waals surface area contributed by atoms with Gasteiger partial charge in [0, 0.05) is 18.0 Å². The van der Waals surface area contributed by atoms with Crippen LogP contribution in [-0.4, -0.2) is 17.7 Å². The van der Waals surface area contributed by atoms with Crippen LogP contribution in [0.1, 0.15) is 18.6 Å². The molecule has 1 atom stereocenters. The fourth-order valence-electron chi connectivity index (χ4n) is 2.42. The summed E-state index contributed by atoms with van der Waals surface area (Å²) < 4.78 is 5.39. The van der Waals surface area contributed by atoms with Crippen molar-refractivity contribution in [1.29, 1.82) is 0 Å². The summed E-state index contributed by atoms with van der Waals surface area (Å²) in [6.07, 6.45) is 5.25. The number of rotatable bonds is 3. The molecule has 17 heavy (non-hydrogen) atoms. The van der Waals surface area contributed by atoms with Crippen LogP contribution in [0, 0.1) is 0 Å². The van der Waals surface area contributed by atoms with Gasteiger partial charge in [-0.2, -0.15) is 0 Å². The lowest BCUT2D eigenvalue weighted by Crippen LogP contribution is -2.23. The van der Waals surface area contributed by atoms with Gasteiger partial charge in [-0.15, -0.1) is 0 Å². The van der Waals surface area contributed by atoms with Crippen LogP contribution in [0.25, 0.3) is 11.1 Å². The maximum absolute atomic E-state index is 5.39. The Hall–Kier alpha value is -1.61. The van der Waals surface area contributed by atoms with Crippen LogP contribution < -0.4 is 5.32 Å². The van der Waals surface area contributed by atoms with Crippen molar-refractivity contribution in [2.45, 2.75) is 25.3 Å². The number of hydrogen-bond acceptors (Lipinski definition) is 3. The highest BCUT2D eigenvalue weighted by atomic mass is 16.5. The minimum atomic E-state index is 0.547. The lowest BCUT2D eigenvalue weighted by molar-refractivity contribution is 0.370. The molecule has 1 aliphatic heterocycles. The Morgan fingerprint density at radius 1 is 1.29 bits per heavy atom. The summed E-state index contributed by atoms with van der Waals surface area (Å²) in [6, 6.07) is 10.8. The van der Waals surface area contributed by atoms with Gasteiger partial charge in [0.2, 0.25) is 0 Å². The first kappa shape index (κ1) is 10.5. The molecule has 0 spiro atoms. The number of benzene rings is 1. The molecule has 3 rings (SSSR count). The summed E-state index contributed by atoms with van der Waals surface area (Å²) in [4.78, 5) is 0. The van der Waals surface area contributed by atoms with E-state index in [1.54, 1.807) is 0 Å². The Morgan fingerprint density at radius 2 is 2.18 bits per heavy atom. The number of nitrogens with one attached hydrogen (secondary N) is 1. The average Bonchev–Trinajstić information content (AvgIpc) is 3.02. The van der Waals surface area contributed by atoms with Gasteiger partial charge in [-0.3, -0.25) is 0 Å². The summed E-state index contributed by atoms with van der Waals surface area (Å²) in [5, 5.41) is 7.42. The average molecular weight is 228 g/mol. The Balaban J connectivity index is 1.84. The van der Waals surface area contributed by atoms with E-state index in [-0.39, 0.29) is 0 Å². The van der Waals surface area contributed by atoms with Crippen LogP contribution in [0.3, 0.4) is 0 Å². The van der Waals surface area contributed by atoms with Crippen LogP contribution in [0.5, 0.6) is 0 Å². The van der Waals surface area contributed by atoms with E-state index in [2.05, 4.69) is 22.6 Å². The predicted molar refractivity (Wildman–Crippen MR) is 66.7 cm³/mol. The number of aromatic nitrogens is 1.